The van der Waals surface area contributed by atoms with Gasteiger partial charge in [-0.2, -0.15) is 0 Å². The molecule has 4 aromatic carbocycles. The second-order valence-corrected chi connectivity index (χ2v) is 22.1. The Kier molecular flexibility index (Phi) is 64.8. The number of ether oxygens (including phenoxy) is 28. The fourth-order valence-corrected chi connectivity index (χ4v) is 8.46. The van der Waals surface area contributed by atoms with Gasteiger partial charge in [-0.05, 0) is 48.5 Å². The molecule has 0 aliphatic rings. The Morgan fingerprint density at radius 1 is 0.163 bits per heavy atom. The molecule has 0 spiro atoms. The Hall–Kier alpha value is -4.88. The topological polar surface area (TPSA) is 258 Å². The molecule has 0 aliphatic carbocycles. The van der Waals surface area contributed by atoms with Crippen molar-refractivity contribution in [2.45, 2.75) is 18.3 Å². The van der Waals surface area contributed by atoms with Gasteiger partial charge in [0.05, 0.1) is 291 Å². The van der Waals surface area contributed by atoms with E-state index in [-0.39, 0.29) is 39.6 Å². The summed E-state index contributed by atoms with van der Waals surface area (Å²) < 4.78 is 160. The molecular weight excluding hydrogens is 1360 g/mol. The molecule has 0 radical (unpaired) electrons. The molecule has 28 heteroatoms. The highest BCUT2D eigenvalue weighted by atomic mass is 16.6. The van der Waals surface area contributed by atoms with Gasteiger partial charge in [-0.1, -0.05) is 72.8 Å². The van der Waals surface area contributed by atoms with Gasteiger partial charge in [0.25, 0.3) is 0 Å². The minimum absolute atomic E-state index is 0.192. The Balaban J connectivity index is 0.848. The molecule has 104 heavy (non-hydrogen) atoms. The van der Waals surface area contributed by atoms with Crippen molar-refractivity contribution in [1.29, 1.82) is 0 Å². The molecule has 4 aromatic rings. The highest BCUT2D eigenvalue weighted by Crippen LogP contribution is 2.15. The Bertz CT molecular complexity index is 2320. The van der Waals surface area contributed by atoms with Crippen LogP contribution in [0.1, 0.15) is 0 Å². The smallest absolute Gasteiger partial charge is 0.119 e. The fourth-order valence-electron chi connectivity index (χ4n) is 8.46. The molecule has 0 saturated carbocycles. The van der Waals surface area contributed by atoms with Crippen molar-refractivity contribution >= 4 is 0 Å². The summed E-state index contributed by atoms with van der Waals surface area (Å²) in [6.45, 7) is 21.2. The largest absolute Gasteiger partial charge is 0.491 e. The Morgan fingerprint density at radius 3 is 0.577 bits per heavy atom. The van der Waals surface area contributed by atoms with Crippen LogP contribution in [0.4, 0.5) is 0 Å². The van der Waals surface area contributed by atoms with Gasteiger partial charge in [-0.15, -0.1) is 0 Å². The van der Waals surface area contributed by atoms with Crippen LogP contribution < -0.4 is 18.9 Å². The van der Waals surface area contributed by atoms with E-state index in [2.05, 4.69) is 0 Å². The zero-order valence-corrected chi connectivity index (χ0v) is 61.7. The minimum Gasteiger partial charge on any atom is -0.491 e. The lowest BCUT2D eigenvalue weighted by Crippen LogP contribution is -2.37. The van der Waals surface area contributed by atoms with Crippen molar-refractivity contribution in [3.8, 4) is 23.0 Å². The molecule has 4 rings (SSSR count). The SMILES string of the molecule is COCCOCCOCCOCCOCCOCCOCCOCCOCCOCCOCCOCCOCCOCCOCCOCCOCCOCCOCCOCCOC(COc1ccccc1)COC(COc1ccccc1)COC(COCCOc1ccccc1)COc1ccccc1. The van der Waals surface area contributed by atoms with E-state index in [0.717, 1.165) is 17.2 Å². The lowest BCUT2D eigenvalue weighted by Gasteiger charge is -2.25. The molecule has 0 N–H and O–H groups in total. The zero-order chi connectivity index (χ0) is 72.9. The lowest BCUT2D eigenvalue weighted by molar-refractivity contribution is -0.116. The molecule has 0 saturated heterocycles. The quantitative estimate of drug-likeness (QED) is 0.0431. The highest BCUT2D eigenvalue weighted by molar-refractivity contribution is 5.23. The molecule has 594 valence electrons. The van der Waals surface area contributed by atoms with Crippen molar-refractivity contribution in [2.24, 2.45) is 0 Å². The van der Waals surface area contributed by atoms with Crippen LogP contribution in [0.25, 0.3) is 0 Å². The molecule has 0 fully saturated rings. The molecule has 28 nitrogen and oxygen atoms in total. The van der Waals surface area contributed by atoms with E-state index < -0.39 is 18.3 Å². The zero-order valence-electron chi connectivity index (χ0n) is 61.7. The van der Waals surface area contributed by atoms with Crippen molar-refractivity contribution in [3.63, 3.8) is 0 Å². The molecule has 0 bridgehead atoms. The molecule has 0 aromatic heterocycles. The van der Waals surface area contributed by atoms with Crippen LogP contribution in [0.2, 0.25) is 0 Å². The first kappa shape index (κ1) is 91.5. The third-order valence-corrected chi connectivity index (χ3v) is 13.8. The van der Waals surface area contributed by atoms with Gasteiger partial charge in [-0.25, -0.2) is 0 Å². The summed E-state index contributed by atoms with van der Waals surface area (Å²) in [6.07, 6.45) is -1.34. The van der Waals surface area contributed by atoms with Gasteiger partial charge in [0, 0.05) is 7.11 Å². The standard InChI is InChI=1S/C76H122O28/c1-77-22-23-78-24-25-79-26-27-80-28-29-81-30-31-82-32-33-83-34-35-84-36-37-85-38-39-86-40-41-87-42-43-88-44-45-89-46-47-90-48-49-91-50-51-92-52-53-93-54-55-94-56-57-95-58-59-96-60-62-99-75(66-101-72-18-10-4-11-19-72)67-104-76(68-102-73-20-12-5-13-21-73)69-103-74(65-100-71-16-8-3-9-17-71)64-97-61-63-98-70-14-6-2-7-15-70/h2-21,74-76H,22-69H2,1H3. The number of hydrogen-bond donors (Lipinski definition) is 0. The third-order valence-electron chi connectivity index (χ3n) is 13.8. The molecule has 3 unspecified atom stereocenters. The first-order valence-corrected chi connectivity index (χ1v) is 36.4. The van der Waals surface area contributed by atoms with E-state index in [1.54, 1.807) is 7.11 Å². The number of rotatable bonds is 82. The summed E-state index contributed by atoms with van der Waals surface area (Å²) in [5, 5.41) is 0. The Morgan fingerprint density at radius 2 is 0.346 bits per heavy atom. The third kappa shape index (κ3) is 60.2. The summed E-state index contributed by atoms with van der Waals surface area (Å²) in [7, 11) is 1.64. The van der Waals surface area contributed by atoms with Gasteiger partial charge in [0.1, 0.15) is 67.7 Å². The highest BCUT2D eigenvalue weighted by Gasteiger charge is 2.21. The number of para-hydroxylation sites is 4. The molecule has 0 heterocycles. The lowest BCUT2D eigenvalue weighted by atomic mass is 10.3. The monoisotopic (exact) mass is 1480 g/mol. The predicted octanol–water partition coefficient (Wildman–Crippen LogP) is 6.44. The van der Waals surface area contributed by atoms with Crippen LogP contribution in [-0.2, 0) is 114 Å². The fraction of sp³-hybridized carbons (Fsp3) is 0.684. The van der Waals surface area contributed by atoms with Crippen molar-refractivity contribution < 1.29 is 133 Å². The van der Waals surface area contributed by atoms with Crippen molar-refractivity contribution in [3.05, 3.63) is 121 Å². The van der Waals surface area contributed by atoms with E-state index >= 15 is 0 Å². The average molecular weight is 1480 g/mol. The number of hydrogen-bond acceptors (Lipinski definition) is 28. The van der Waals surface area contributed by atoms with Crippen LogP contribution in [0.5, 0.6) is 23.0 Å². The van der Waals surface area contributed by atoms with Gasteiger partial charge in [0.15, 0.2) is 0 Å². The Labute approximate surface area is 617 Å². The number of benzene rings is 4. The maximum absolute atomic E-state index is 6.50. The summed E-state index contributed by atoms with van der Waals surface area (Å²) >= 11 is 0. The van der Waals surface area contributed by atoms with E-state index in [1.807, 2.05) is 121 Å². The summed E-state index contributed by atoms with van der Waals surface area (Å²) in [5.41, 5.74) is 0. The molecule has 3 atom stereocenters. The summed E-state index contributed by atoms with van der Waals surface area (Å²) in [5.74, 6) is 2.95. The van der Waals surface area contributed by atoms with E-state index in [1.165, 1.54) is 0 Å². The van der Waals surface area contributed by atoms with Crippen LogP contribution in [0.3, 0.4) is 0 Å². The van der Waals surface area contributed by atoms with Crippen LogP contribution >= 0.6 is 0 Å². The van der Waals surface area contributed by atoms with Gasteiger partial charge >= 0.3 is 0 Å². The first-order chi connectivity index (χ1) is 51.8. The van der Waals surface area contributed by atoms with E-state index in [4.69, 9.17) is 133 Å². The van der Waals surface area contributed by atoms with Gasteiger partial charge in [-0.3, -0.25) is 0 Å². The van der Waals surface area contributed by atoms with Crippen LogP contribution in [-0.4, -0.2) is 343 Å². The van der Waals surface area contributed by atoms with Gasteiger partial charge in [0.2, 0.25) is 0 Å². The second kappa shape index (κ2) is 73.6. The first-order valence-electron chi connectivity index (χ1n) is 36.4. The predicted molar refractivity (Wildman–Crippen MR) is 385 cm³/mol. The number of methoxy groups -OCH3 is 1. The van der Waals surface area contributed by atoms with Crippen molar-refractivity contribution in [2.75, 3.05) is 324 Å². The normalized spacial score (nSPS) is 12.4. The minimum atomic E-state index is -0.484. The van der Waals surface area contributed by atoms with Crippen LogP contribution in [0, 0.1) is 0 Å². The maximum Gasteiger partial charge on any atom is 0.119 e. The average Bonchev–Trinajstić information content (AvgIpc) is 1.00. The van der Waals surface area contributed by atoms with Crippen molar-refractivity contribution in [1.82, 2.24) is 0 Å². The van der Waals surface area contributed by atoms with E-state index in [0.29, 0.717) is 283 Å². The molecule has 0 amide bonds. The summed E-state index contributed by atoms with van der Waals surface area (Å²) in [4.78, 5) is 0. The maximum atomic E-state index is 6.50. The molecular formula is C76H122O28. The molecule has 0 aliphatic heterocycles. The summed E-state index contributed by atoms with van der Waals surface area (Å²) in [6, 6.07) is 38.4. The van der Waals surface area contributed by atoms with Gasteiger partial charge < -0.3 is 133 Å². The second-order valence-electron chi connectivity index (χ2n) is 22.1. The van der Waals surface area contributed by atoms with E-state index in [9.17, 15) is 0 Å². The van der Waals surface area contributed by atoms with Crippen LogP contribution in [0.15, 0.2) is 121 Å².